The summed E-state index contributed by atoms with van der Waals surface area (Å²) in [7, 11) is -2.84. The van der Waals surface area contributed by atoms with Gasteiger partial charge in [-0.2, -0.15) is 8.42 Å². The molecule has 7 nitrogen and oxygen atoms in total. The fourth-order valence-electron chi connectivity index (χ4n) is 3.24. The minimum absolute atomic E-state index is 0.0350. The van der Waals surface area contributed by atoms with Crippen LogP contribution in [0.3, 0.4) is 0 Å². The zero-order chi connectivity index (χ0) is 26.0. The second-order valence-corrected chi connectivity index (χ2v) is 10.8. The van der Waals surface area contributed by atoms with Gasteiger partial charge in [0.05, 0.1) is 18.6 Å². The summed E-state index contributed by atoms with van der Waals surface area (Å²) in [6.07, 6.45) is 1.44. The number of hydrogen-bond acceptors (Lipinski definition) is 7. The summed E-state index contributed by atoms with van der Waals surface area (Å²) in [6.45, 7) is -0.313. The Labute approximate surface area is 220 Å². The molecule has 1 aliphatic rings. The van der Waals surface area contributed by atoms with Gasteiger partial charge in [0.25, 0.3) is 11.1 Å². The summed E-state index contributed by atoms with van der Waals surface area (Å²) < 4.78 is 49.8. The van der Waals surface area contributed by atoms with Gasteiger partial charge < -0.3 is 8.92 Å². The van der Waals surface area contributed by atoms with Crippen molar-refractivity contribution in [3.8, 4) is 11.5 Å². The number of ether oxygens (including phenoxy) is 1. The highest BCUT2D eigenvalue weighted by Crippen LogP contribution is 2.37. The molecular weight excluding hydrogens is 552 g/mol. The molecule has 186 valence electrons. The molecule has 4 rings (SSSR count). The molecule has 1 heterocycles. The van der Waals surface area contributed by atoms with Gasteiger partial charge >= 0.3 is 10.1 Å². The maximum absolute atomic E-state index is 14.1. The van der Waals surface area contributed by atoms with Crippen LogP contribution >= 0.6 is 35.0 Å². The number of nitrogens with zero attached hydrogens (tertiary/aromatic N) is 1. The van der Waals surface area contributed by atoms with Crippen molar-refractivity contribution in [3.05, 3.63) is 92.6 Å². The molecule has 36 heavy (non-hydrogen) atoms. The Morgan fingerprint density at radius 3 is 2.42 bits per heavy atom. The predicted molar refractivity (Wildman–Crippen MR) is 135 cm³/mol. The van der Waals surface area contributed by atoms with Crippen LogP contribution in [0.15, 0.2) is 70.5 Å². The lowest BCUT2D eigenvalue weighted by molar-refractivity contribution is -0.123. The summed E-state index contributed by atoms with van der Waals surface area (Å²) in [5, 5.41) is -0.101. The average Bonchev–Trinajstić information content (AvgIpc) is 3.09. The third kappa shape index (κ3) is 5.52. The molecule has 3 aromatic rings. The Bertz CT molecular complexity index is 1470. The van der Waals surface area contributed by atoms with Crippen LogP contribution in [-0.2, 0) is 21.5 Å². The Kier molecular flexibility index (Phi) is 7.60. The first-order valence-electron chi connectivity index (χ1n) is 10.2. The van der Waals surface area contributed by atoms with E-state index in [9.17, 15) is 22.4 Å². The molecular formula is C24H16Cl2FNO6S2. The normalized spacial score (nSPS) is 15.0. The van der Waals surface area contributed by atoms with Gasteiger partial charge in [-0.15, -0.1) is 0 Å². The first kappa shape index (κ1) is 26.0. The molecule has 0 atom stereocenters. The summed E-state index contributed by atoms with van der Waals surface area (Å²) >= 11 is 12.5. The van der Waals surface area contributed by atoms with Gasteiger partial charge in [-0.3, -0.25) is 14.5 Å². The van der Waals surface area contributed by atoms with E-state index in [0.29, 0.717) is 22.3 Å². The molecule has 0 aromatic heterocycles. The highest BCUT2D eigenvalue weighted by molar-refractivity contribution is 8.18. The van der Waals surface area contributed by atoms with Crippen LogP contribution < -0.4 is 8.92 Å². The van der Waals surface area contributed by atoms with Gasteiger partial charge in [0, 0.05) is 15.6 Å². The Balaban J connectivity index is 1.56. The number of hydrogen-bond donors (Lipinski definition) is 0. The molecule has 0 unspecified atom stereocenters. The van der Waals surface area contributed by atoms with Crippen LogP contribution in [0, 0.1) is 5.82 Å². The van der Waals surface area contributed by atoms with Gasteiger partial charge in [0.1, 0.15) is 10.7 Å². The third-order valence-electron chi connectivity index (χ3n) is 5.04. The molecule has 0 aliphatic carbocycles. The van der Waals surface area contributed by atoms with E-state index in [4.69, 9.17) is 32.1 Å². The molecule has 3 aromatic carbocycles. The molecule has 0 spiro atoms. The number of amides is 2. The smallest absolute Gasteiger partial charge is 0.339 e. The monoisotopic (exact) mass is 567 g/mol. The Hall–Kier alpha value is -3.05. The van der Waals surface area contributed by atoms with E-state index < -0.39 is 27.1 Å². The number of methoxy groups -OCH3 is 1. The van der Waals surface area contributed by atoms with E-state index in [1.165, 1.54) is 73.8 Å². The van der Waals surface area contributed by atoms with Crippen molar-refractivity contribution in [2.75, 3.05) is 7.11 Å². The predicted octanol–water partition coefficient (Wildman–Crippen LogP) is 6.15. The fraction of sp³-hybridized carbons (Fsp3) is 0.0833. The van der Waals surface area contributed by atoms with Crippen molar-refractivity contribution in [1.29, 1.82) is 0 Å². The highest BCUT2D eigenvalue weighted by Gasteiger charge is 2.36. The van der Waals surface area contributed by atoms with E-state index in [1.54, 1.807) is 0 Å². The molecule has 0 N–H and O–H groups in total. The van der Waals surface area contributed by atoms with Crippen molar-refractivity contribution in [2.45, 2.75) is 11.4 Å². The quantitative estimate of drug-likeness (QED) is 0.250. The van der Waals surface area contributed by atoms with Gasteiger partial charge in [-0.1, -0.05) is 35.3 Å². The zero-order valence-corrected chi connectivity index (χ0v) is 21.5. The second kappa shape index (κ2) is 10.5. The summed E-state index contributed by atoms with van der Waals surface area (Å²) in [6, 6.07) is 13.9. The van der Waals surface area contributed by atoms with Gasteiger partial charge in [-0.05, 0) is 71.9 Å². The molecule has 1 fully saturated rings. The van der Waals surface area contributed by atoms with E-state index in [-0.39, 0.29) is 38.4 Å². The Morgan fingerprint density at radius 2 is 1.75 bits per heavy atom. The first-order chi connectivity index (χ1) is 17.1. The average molecular weight is 568 g/mol. The Morgan fingerprint density at radius 1 is 1.03 bits per heavy atom. The number of imide groups is 1. The number of benzene rings is 3. The topological polar surface area (TPSA) is 90.0 Å². The molecule has 0 bridgehead atoms. The summed E-state index contributed by atoms with van der Waals surface area (Å²) in [4.78, 5) is 26.2. The molecule has 0 radical (unpaired) electrons. The van der Waals surface area contributed by atoms with Crippen molar-refractivity contribution in [1.82, 2.24) is 4.90 Å². The minimum atomic E-state index is -4.16. The molecule has 1 saturated heterocycles. The van der Waals surface area contributed by atoms with E-state index in [1.807, 2.05) is 0 Å². The van der Waals surface area contributed by atoms with E-state index in [2.05, 4.69) is 0 Å². The molecule has 1 aliphatic heterocycles. The second-order valence-electron chi connectivity index (χ2n) is 7.37. The summed E-state index contributed by atoms with van der Waals surface area (Å²) in [5.41, 5.74) is 0.477. The van der Waals surface area contributed by atoms with Crippen molar-refractivity contribution in [2.24, 2.45) is 0 Å². The van der Waals surface area contributed by atoms with Crippen LogP contribution in [0.25, 0.3) is 6.08 Å². The van der Waals surface area contributed by atoms with Crippen molar-refractivity contribution >= 4 is 62.3 Å². The van der Waals surface area contributed by atoms with Crippen LogP contribution in [0.4, 0.5) is 9.18 Å². The molecule has 2 amide bonds. The third-order valence-corrected chi connectivity index (χ3v) is 7.80. The number of rotatable bonds is 7. The van der Waals surface area contributed by atoms with Gasteiger partial charge in [0.15, 0.2) is 11.5 Å². The number of carbonyl (C=O) groups is 2. The van der Waals surface area contributed by atoms with Gasteiger partial charge in [0.2, 0.25) is 0 Å². The lowest BCUT2D eigenvalue weighted by atomic mass is 10.1. The van der Waals surface area contributed by atoms with Crippen LogP contribution in [0.2, 0.25) is 10.0 Å². The summed E-state index contributed by atoms with van der Waals surface area (Å²) in [5.74, 6) is -1.24. The number of halogens is 3. The molecule has 0 saturated carbocycles. The fourth-order valence-corrected chi connectivity index (χ4v) is 5.37. The van der Waals surface area contributed by atoms with Crippen LogP contribution in [-0.4, -0.2) is 31.6 Å². The van der Waals surface area contributed by atoms with Gasteiger partial charge in [-0.25, -0.2) is 4.39 Å². The minimum Gasteiger partial charge on any atom is -0.493 e. The highest BCUT2D eigenvalue weighted by atomic mass is 35.5. The van der Waals surface area contributed by atoms with Crippen molar-refractivity contribution < 1.29 is 31.3 Å². The van der Waals surface area contributed by atoms with E-state index >= 15 is 0 Å². The first-order valence-corrected chi connectivity index (χ1v) is 13.1. The molecule has 12 heteroatoms. The number of thioether (sulfide) groups is 1. The maximum atomic E-state index is 14.1. The maximum Gasteiger partial charge on any atom is 0.339 e. The van der Waals surface area contributed by atoms with Crippen LogP contribution in [0.1, 0.15) is 11.1 Å². The largest absolute Gasteiger partial charge is 0.493 e. The van der Waals surface area contributed by atoms with E-state index in [0.717, 1.165) is 4.90 Å². The van der Waals surface area contributed by atoms with Crippen LogP contribution in [0.5, 0.6) is 11.5 Å². The lowest BCUT2D eigenvalue weighted by Crippen LogP contribution is -2.28. The van der Waals surface area contributed by atoms with Crippen molar-refractivity contribution in [3.63, 3.8) is 0 Å². The SMILES string of the molecule is COc1cc(/C=C2\SC(=O)N(Cc3c(F)cccc3Cl)C2=O)ccc1OS(=O)(=O)c1ccc(Cl)cc1. The lowest BCUT2D eigenvalue weighted by Gasteiger charge is -2.14. The zero-order valence-electron chi connectivity index (χ0n) is 18.4. The number of carbonyl (C=O) groups excluding carboxylic acids is 2. The standard InChI is InChI=1S/C24H16Cl2FNO6S2/c1-33-21-11-14(5-10-20(21)34-36(31,32)16-8-6-15(25)7-9-16)12-22-23(29)28(24(30)35-22)13-17-18(26)3-2-4-19(17)27/h2-12H,13H2,1H3/b22-12-.